The summed E-state index contributed by atoms with van der Waals surface area (Å²) in [5, 5.41) is 3.10. The van der Waals surface area contributed by atoms with Crippen LogP contribution in [0.25, 0.3) is 0 Å². The quantitative estimate of drug-likeness (QED) is 0.756. The molecule has 1 unspecified atom stereocenters. The number of benzene rings is 2. The van der Waals surface area contributed by atoms with E-state index < -0.39 is 0 Å². The summed E-state index contributed by atoms with van der Waals surface area (Å²) in [4.78, 5) is 0. The number of nitrogens with one attached hydrogen (secondary N) is 1. The van der Waals surface area contributed by atoms with E-state index in [4.69, 9.17) is 0 Å². The maximum Gasteiger partial charge on any atom is 0.137 e. The zero-order chi connectivity index (χ0) is 14.7. The molecule has 0 radical (unpaired) electrons. The molecular weight excluding hydrogens is 392 g/mol. The average Bonchev–Trinajstić information content (AvgIpc) is 2.42. The van der Waals surface area contributed by atoms with E-state index in [-0.39, 0.29) is 17.7 Å². The van der Waals surface area contributed by atoms with Crippen LogP contribution in [0.15, 0.2) is 45.3 Å². The molecule has 2 aromatic rings. The minimum atomic E-state index is -0.320. The van der Waals surface area contributed by atoms with Crippen LogP contribution < -0.4 is 5.32 Å². The summed E-state index contributed by atoms with van der Waals surface area (Å²) in [7, 11) is 1.78. The molecule has 0 aliphatic heterocycles. The van der Waals surface area contributed by atoms with Crippen molar-refractivity contribution in [3.05, 3.63) is 68.1 Å². The van der Waals surface area contributed by atoms with Crippen LogP contribution in [0.5, 0.6) is 0 Å². The predicted molar refractivity (Wildman–Crippen MR) is 83.7 cm³/mol. The molecule has 0 bridgehead atoms. The number of rotatable bonds is 4. The molecule has 20 heavy (non-hydrogen) atoms. The summed E-state index contributed by atoms with van der Waals surface area (Å²) in [5.41, 5.74) is 1.36. The van der Waals surface area contributed by atoms with Crippen LogP contribution in [0, 0.1) is 11.6 Å². The van der Waals surface area contributed by atoms with Crippen molar-refractivity contribution in [3.8, 4) is 0 Å². The van der Waals surface area contributed by atoms with E-state index in [1.807, 2.05) is 6.07 Å². The van der Waals surface area contributed by atoms with Gasteiger partial charge in [0, 0.05) is 10.5 Å². The van der Waals surface area contributed by atoms with Crippen LogP contribution in [0.2, 0.25) is 0 Å². The van der Waals surface area contributed by atoms with E-state index in [0.717, 1.165) is 5.56 Å². The average molecular weight is 405 g/mol. The summed E-state index contributed by atoms with van der Waals surface area (Å²) in [5.74, 6) is -0.592. The standard InChI is InChI=1S/C15H13Br2F2N/c1-20-14(11-3-2-4-12(18)15(11)17)7-9-5-6-10(16)8-13(9)19/h2-6,8,14,20H,7H2,1H3. The van der Waals surface area contributed by atoms with E-state index in [2.05, 4.69) is 37.2 Å². The molecule has 0 spiro atoms. The van der Waals surface area contributed by atoms with Gasteiger partial charge in [0.25, 0.3) is 0 Å². The maximum atomic E-state index is 13.9. The Bertz CT molecular complexity index is 617. The summed E-state index contributed by atoms with van der Waals surface area (Å²) in [6.45, 7) is 0. The first-order valence-corrected chi connectivity index (χ1v) is 7.66. The van der Waals surface area contributed by atoms with Gasteiger partial charge in [-0.15, -0.1) is 0 Å². The van der Waals surface area contributed by atoms with Crippen molar-refractivity contribution in [3.63, 3.8) is 0 Å². The molecular formula is C15H13Br2F2N. The molecule has 1 nitrogen and oxygen atoms in total. The summed E-state index contributed by atoms with van der Waals surface area (Å²) in [6.07, 6.45) is 0.442. The second-order valence-corrected chi connectivity index (χ2v) is 6.13. The minimum Gasteiger partial charge on any atom is -0.313 e. The highest BCUT2D eigenvalue weighted by molar-refractivity contribution is 9.10. The number of likely N-dealkylation sites (N-methyl/N-ethyl adjacent to an activating group) is 1. The second-order valence-electron chi connectivity index (χ2n) is 4.42. The molecule has 2 aromatic carbocycles. The van der Waals surface area contributed by atoms with Crippen LogP contribution in [0.3, 0.4) is 0 Å². The first kappa shape index (κ1) is 15.6. The molecule has 2 rings (SSSR count). The van der Waals surface area contributed by atoms with Gasteiger partial charge in [0.15, 0.2) is 0 Å². The highest BCUT2D eigenvalue weighted by Crippen LogP contribution is 2.29. The fourth-order valence-electron chi connectivity index (χ4n) is 2.06. The minimum absolute atomic E-state index is 0.171. The van der Waals surface area contributed by atoms with E-state index in [1.54, 1.807) is 25.2 Å². The fraction of sp³-hybridized carbons (Fsp3) is 0.200. The zero-order valence-electron chi connectivity index (χ0n) is 10.8. The molecule has 106 valence electrons. The Morgan fingerprint density at radius 1 is 1.10 bits per heavy atom. The summed E-state index contributed by atoms with van der Waals surface area (Å²) < 4.78 is 28.6. The van der Waals surface area contributed by atoms with E-state index in [0.29, 0.717) is 20.9 Å². The van der Waals surface area contributed by atoms with Crippen LogP contribution in [-0.2, 0) is 6.42 Å². The van der Waals surface area contributed by atoms with Crippen LogP contribution >= 0.6 is 31.9 Å². The van der Waals surface area contributed by atoms with Crippen molar-refractivity contribution in [1.82, 2.24) is 5.32 Å². The lowest BCUT2D eigenvalue weighted by Gasteiger charge is -2.19. The van der Waals surface area contributed by atoms with Gasteiger partial charge < -0.3 is 5.32 Å². The normalized spacial score (nSPS) is 12.4. The molecule has 0 aliphatic rings. The smallest absolute Gasteiger partial charge is 0.137 e. The Balaban J connectivity index is 2.31. The van der Waals surface area contributed by atoms with Gasteiger partial charge in [-0.05, 0) is 58.7 Å². The molecule has 0 aliphatic carbocycles. The zero-order valence-corrected chi connectivity index (χ0v) is 13.9. The second kappa shape index (κ2) is 6.78. The maximum absolute atomic E-state index is 13.9. The first-order valence-electron chi connectivity index (χ1n) is 6.08. The lowest BCUT2D eigenvalue weighted by Crippen LogP contribution is -2.20. The molecule has 0 saturated heterocycles. The number of hydrogen-bond donors (Lipinski definition) is 1. The monoisotopic (exact) mass is 403 g/mol. The molecule has 1 N–H and O–H groups in total. The van der Waals surface area contributed by atoms with Gasteiger partial charge >= 0.3 is 0 Å². The Morgan fingerprint density at radius 3 is 2.50 bits per heavy atom. The largest absolute Gasteiger partial charge is 0.313 e. The Morgan fingerprint density at radius 2 is 1.85 bits per heavy atom. The van der Waals surface area contributed by atoms with Crippen molar-refractivity contribution in [1.29, 1.82) is 0 Å². The molecule has 0 aromatic heterocycles. The highest BCUT2D eigenvalue weighted by atomic mass is 79.9. The van der Waals surface area contributed by atoms with Gasteiger partial charge in [0.1, 0.15) is 11.6 Å². The van der Waals surface area contributed by atoms with Gasteiger partial charge in [-0.1, -0.05) is 34.1 Å². The molecule has 5 heteroatoms. The third kappa shape index (κ3) is 3.45. The fourth-order valence-corrected chi connectivity index (χ4v) is 2.94. The van der Waals surface area contributed by atoms with E-state index >= 15 is 0 Å². The van der Waals surface area contributed by atoms with Crippen LogP contribution in [0.4, 0.5) is 8.78 Å². The van der Waals surface area contributed by atoms with E-state index in [1.165, 1.54) is 12.1 Å². The Hall–Kier alpha value is -0.780. The van der Waals surface area contributed by atoms with Crippen molar-refractivity contribution < 1.29 is 8.78 Å². The van der Waals surface area contributed by atoms with Gasteiger partial charge in [-0.3, -0.25) is 0 Å². The first-order chi connectivity index (χ1) is 9.52. The number of hydrogen-bond acceptors (Lipinski definition) is 1. The Labute approximate surface area is 133 Å². The molecule has 0 amide bonds. The van der Waals surface area contributed by atoms with Gasteiger partial charge in [-0.25, -0.2) is 8.78 Å². The lowest BCUT2D eigenvalue weighted by atomic mass is 9.98. The van der Waals surface area contributed by atoms with Gasteiger partial charge in [0.05, 0.1) is 4.47 Å². The Kier molecular flexibility index (Phi) is 5.29. The summed E-state index contributed by atoms with van der Waals surface area (Å²) >= 11 is 6.48. The number of halogens is 4. The topological polar surface area (TPSA) is 12.0 Å². The highest BCUT2D eigenvalue weighted by Gasteiger charge is 2.17. The molecule has 0 saturated carbocycles. The molecule has 0 fully saturated rings. The van der Waals surface area contributed by atoms with Crippen molar-refractivity contribution in [2.75, 3.05) is 7.05 Å². The molecule has 1 atom stereocenters. The third-order valence-electron chi connectivity index (χ3n) is 3.14. The lowest BCUT2D eigenvalue weighted by molar-refractivity contribution is 0.545. The van der Waals surface area contributed by atoms with Crippen molar-refractivity contribution in [2.45, 2.75) is 12.5 Å². The van der Waals surface area contributed by atoms with Crippen LogP contribution in [0.1, 0.15) is 17.2 Å². The third-order valence-corrected chi connectivity index (χ3v) is 4.47. The van der Waals surface area contributed by atoms with Crippen LogP contribution in [-0.4, -0.2) is 7.05 Å². The SMILES string of the molecule is CNC(Cc1ccc(Br)cc1F)c1cccc(F)c1Br. The van der Waals surface area contributed by atoms with Crippen molar-refractivity contribution in [2.24, 2.45) is 0 Å². The summed E-state index contributed by atoms with van der Waals surface area (Å²) in [6, 6.07) is 9.66. The predicted octanol–water partition coefficient (Wildman–Crippen LogP) is 4.99. The van der Waals surface area contributed by atoms with E-state index in [9.17, 15) is 8.78 Å². The van der Waals surface area contributed by atoms with Gasteiger partial charge in [-0.2, -0.15) is 0 Å². The van der Waals surface area contributed by atoms with Crippen molar-refractivity contribution >= 4 is 31.9 Å². The molecule has 0 heterocycles. The van der Waals surface area contributed by atoms with Gasteiger partial charge in [0.2, 0.25) is 0 Å².